The zero-order chi connectivity index (χ0) is 8.27. The molecule has 0 aromatic heterocycles. The van der Waals surface area contributed by atoms with Gasteiger partial charge in [-0.05, 0) is 47.0 Å². The maximum absolute atomic E-state index is 5.17. The van der Waals surface area contributed by atoms with Crippen molar-refractivity contribution in [3.05, 3.63) is 21.8 Å². The number of rotatable bonds is 2. The Morgan fingerprint density at radius 1 is 1.45 bits per heavy atom. The van der Waals surface area contributed by atoms with Crippen molar-refractivity contribution in [3.63, 3.8) is 0 Å². The highest BCUT2D eigenvalue weighted by Crippen LogP contribution is 2.25. The average Bonchev–Trinajstić information content (AvgIpc) is 2.05. The summed E-state index contributed by atoms with van der Waals surface area (Å²) < 4.78 is 6.32. The molecular formula is C8H9IOS. The molecular weight excluding hydrogens is 271 g/mol. The minimum absolute atomic E-state index is 0.956. The van der Waals surface area contributed by atoms with Gasteiger partial charge in [0.05, 0.1) is 10.7 Å². The van der Waals surface area contributed by atoms with E-state index in [9.17, 15) is 0 Å². The number of hydrogen-bond acceptors (Lipinski definition) is 2. The van der Waals surface area contributed by atoms with Crippen LogP contribution in [0.3, 0.4) is 0 Å². The van der Waals surface area contributed by atoms with Gasteiger partial charge in [-0.25, -0.2) is 0 Å². The summed E-state index contributed by atoms with van der Waals surface area (Å²) >= 11 is 3.98. The van der Waals surface area contributed by atoms with Crippen molar-refractivity contribution < 1.29 is 4.74 Å². The molecule has 0 atom stereocenters. The van der Waals surface area contributed by atoms with Gasteiger partial charge in [0.1, 0.15) is 5.75 Å². The van der Waals surface area contributed by atoms with Crippen LogP contribution in [0.15, 0.2) is 23.1 Å². The molecule has 11 heavy (non-hydrogen) atoms. The number of ether oxygens (including phenoxy) is 1. The van der Waals surface area contributed by atoms with Gasteiger partial charge in [-0.1, -0.05) is 0 Å². The first-order chi connectivity index (χ1) is 5.27. The lowest BCUT2D eigenvalue weighted by molar-refractivity contribution is 0.410. The van der Waals surface area contributed by atoms with Crippen LogP contribution in [0.25, 0.3) is 0 Å². The first-order valence-electron chi connectivity index (χ1n) is 3.15. The van der Waals surface area contributed by atoms with Gasteiger partial charge < -0.3 is 4.74 Å². The van der Waals surface area contributed by atoms with Crippen molar-refractivity contribution in [2.24, 2.45) is 0 Å². The molecule has 0 bridgehead atoms. The fourth-order valence-corrected chi connectivity index (χ4v) is 1.75. The highest BCUT2D eigenvalue weighted by atomic mass is 127. The summed E-state index contributed by atoms with van der Waals surface area (Å²) in [5, 5.41) is 0. The lowest BCUT2D eigenvalue weighted by atomic mass is 10.3. The molecule has 0 heterocycles. The Labute approximate surface area is 84.7 Å². The minimum atomic E-state index is 0.956. The molecule has 0 amide bonds. The SMILES string of the molecule is COc1cc(SC)ccc1I. The largest absolute Gasteiger partial charge is 0.496 e. The van der Waals surface area contributed by atoms with Gasteiger partial charge in [-0.3, -0.25) is 0 Å². The van der Waals surface area contributed by atoms with E-state index in [2.05, 4.69) is 41.0 Å². The second-order valence-corrected chi connectivity index (χ2v) is 4.04. The van der Waals surface area contributed by atoms with E-state index < -0.39 is 0 Å². The van der Waals surface area contributed by atoms with Crippen molar-refractivity contribution in [1.82, 2.24) is 0 Å². The average molecular weight is 280 g/mol. The van der Waals surface area contributed by atoms with Gasteiger partial charge in [0, 0.05) is 4.90 Å². The highest BCUT2D eigenvalue weighted by Gasteiger charge is 1.99. The molecule has 1 aromatic carbocycles. The molecule has 0 spiro atoms. The standard InChI is InChI=1S/C8H9IOS/c1-10-8-5-6(11-2)3-4-7(8)9/h3-5H,1-2H3. The molecule has 1 nitrogen and oxygen atoms in total. The van der Waals surface area contributed by atoms with E-state index in [-0.39, 0.29) is 0 Å². The second kappa shape index (κ2) is 4.21. The van der Waals surface area contributed by atoms with Crippen molar-refractivity contribution in [3.8, 4) is 5.75 Å². The van der Waals surface area contributed by atoms with Crippen LogP contribution in [0.5, 0.6) is 5.75 Å². The monoisotopic (exact) mass is 280 g/mol. The summed E-state index contributed by atoms with van der Waals surface area (Å²) in [6.07, 6.45) is 2.06. The summed E-state index contributed by atoms with van der Waals surface area (Å²) in [5.74, 6) is 0.956. The van der Waals surface area contributed by atoms with Gasteiger partial charge in [0.2, 0.25) is 0 Å². The Morgan fingerprint density at radius 2 is 2.18 bits per heavy atom. The third-order valence-electron chi connectivity index (χ3n) is 1.36. The molecule has 60 valence electrons. The predicted molar refractivity (Wildman–Crippen MR) is 57.5 cm³/mol. The Balaban J connectivity index is 3.02. The Bertz CT molecular complexity index is 250. The fourth-order valence-electron chi connectivity index (χ4n) is 0.767. The lowest BCUT2D eigenvalue weighted by Gasteiger charge is -2.03. The Kier molecular flexibility index (Phi) is 3.51. The molecule has 0 unspecified atom stereocenters. The van der Waals surface area contributed by atoms with E-state index in [0.29, 0.717) is 0 Å². The molecule has 1 rings (SSSR count). The fraction of sp³-hybridized carbons (Fsp3) is 0.250. The van der Waals surface area contributed by atoms with Gasteiger partial charge in [-0.2, -0.15) is 0 Å². The molecule has 0 saturated heterocycles. The Hall–Kier alpha value is 0.1000. The van der Waals surface area contributed by atoms with Crippen LogP contribution < -0.4 is 4.74 Å². The van der Waals surface area contributed by atoms with Crippen LogP contribution >= 0.6 is 34.4 Å². The third kappa shape index (κ3) is 2.27. The molecule has 3 heteroatoms. The molecule has 1 aromatic rings. The summed E-state index contributed by atoms with van der Waals surface area (Å²) in [6.45, 7) is 0. The van der Waals surface area contributed by atoms with Crippen molar-refractivity contribution in [1.29, 1.82) is 0 Å². The number of methoxy groups -OCH3 is 1. The van der Waals surface area contributed by atoms with Crippen LogP contribution in [0.4, 0.5) is 0 Å². The zero-order valence-corrected chi connectivity index (χ0v) is 9.40. The molecule has 0 N–H and O–H groups in total. The van der Waals surface area contributed by atoms with Crippen molar-refractivity contribution in [2.75, 3.05) is 13.4 Å². The van der Waals surface area contributed by atoms with E-state index in [0.717, 1.165) is 9.32 Å². The van der Waals surface area contributed by atoms with Crippen LogP contribution in [0, 0.1) is 3.57 Å². The quantitative estimate of drug-likeness (QED) is 0.608. The molecule has 0 saturated carbocycles. The number of halogens is 1. The van der Waals surface area contributed by atoms with Crippen LogP contribution in [0.1, 0.15) is 0 Å². The van der Waals surface area contributed by atoms with E-state index in [1.54, 1.807) is 18.9 Å². The molecule has 0 fully saturated rings. The first kappa shape index (κ1) is 9.19. The maximum Gasteiger partial charge on any atom is 0.133 e. The smallest absolute Gasteiger partial charge is 0.133 e. The van der Waals surface area contributed by atoms with Gasteiger partial charge in [0.25, 0.3) is 0 Å². The van der Waals surface area contributed by atoms with E-state index >= 15 is 0 Å². The van der Waals surface area contributed by atoms with Gasteiger partial charge in [-0.15, -0.1) is 11.8 Å². The van der Waals surface area contributed by atoms with Crippen LogP contribution in [-0.4, -0.2) is 13.4 Å². The second-order valence-electron chi connectivity index (χ2n) is 2.00. The molecule has 0 aliphatic heterocycles. The summed E-state index contributed by atoms with van der Waals surface area (Å²) in [5.41, 5.74) is 0. The minimum Gasteiger partial charge on any atom is -0.496 e. The van der Waals surface area contributed by atoms with E-state index in [4.69, 9.17) is 4.74 Å². The van der Waals surface area contributed by atoms with Crippen molar-refractivity contribution >= 4 is 34.4 Å². The zero-order valence-electron chi connectivity index (χ0n) is 6.43. The Morgan fingerprint density at radius 3 is 2.73 bits per heavy atom. The molecule has 0 aliphatic carbocycles. The summed E-state index contributed by atoms with van der Waals surface area (Å²) in [4.78, 5) is 1.24. The number of hydrogen-bond donors (Lipinski definition) is 0. The van der Waals surface area contributed by atoms with E-state index in [1.807, 2.05) is 6.07 Å². The highest BCUT2D eigenvalue weighted by molar-refractivity contribution is 14.1. The van der Waals surface area contributed by atoms with Gasteiger partial charge in [0.15, 0.2) is 0 Å². The summed E-state index contributed by atoms with van der Waals surface area (Å²) in [6, 6.07) is 6.20. The third-order valence-corrected chi connectivity index (χ3v) is 2.97. The van der Waals surface area contributed by atoms with Crippen LogP contribution in [-0.2, 0) is 0 Å². The predicted octanol–water partition coefficient (Wildman–Crippen LogP) is 3.02. The van der Waals surface area contributed by atoms with Crippen molar-refractivity contribution in [2.45, 2.75) is 4.90 Å². The first-order valence-corrected chi connectivity index (χ1v) is 5.46. The van der Waals surface area contributed by atoms with Crippen LogP contribution in [0.2, 0.25) is 0 Å². The van der Waals surface area contributed by atoms with Gasteiger partial charge >= 0.3 is 0 Å². The normalized spacial score (nSPS) is 9.73. The number of benzene rings is 1. The maximum atomic E-state index is 5.17. The number of thioether (sulfide) groups is 1. The van der Waals surface area contributed by atoms with E-state index in [1.165, 1.54) is 4.90 Å². The lowest BCUT2D eigenvalue weighted by Crippen LogP contribution is -1.86. The topological polar surface area (TPSA) is 9.23 Å². The molecule has 0 aliphatic rings. The molecule has 0 radical (unpaired) electrons. The summed E-state index contributed by atoms with van der Waals surface area (Å²) in [7, 11) is 1.70.